The molecule has 0 aromatic heterocycles. The molecule has 4 aliphatic rings. The Bertz CT molecular complexity index is 2140. The molecule has 4 amide bonds. The van der Waals surface area contributed by atoms with Crippen molar-refractivity contribution in [1.82, 2.24) is 0 Å². The summed E-state index contributed by atoms with van der Waals surface area (Å²) in [6.07, 6.45) is -5.06. The van der Waals surface area contributed by atoms with Gasteiger partial charge in [0.05, 0.1) is 17.5 Å². The summed E-state index contributed by atoms with van der Waals surface area (Å²) in [5, 5.41) is 11.0. The summed E-state index contributed by atoms with van der Waals surface area (Å²) in [6.45, 7) is 0. The van der Waals surface area contributed by atoms with Gasteiger partial charge in [0, 0.05) is 16.0 Å². The molecule has 0 spiro atoms. The number of anilines is 2. The van der Waals surface area contributed by atoms with Gasteiger partial charge >= 0.3 is 6.36 Å². The van der Waals surface area contributed by atoms with Crippen molar-refractivity contribution in [3.63, 3.8) is 0 Å². The molecule has 8 nitrogen and oxygen atoms in total. The molecule has 2 aliphatic carbocycles. The Morgan fingerprint density at radius 2 is 1.40 bits per heavy atom. The molecule has 6 atom stereocenters. The zero-order valence-electron chi connectivity index (χ0n) is 25.4. The van der Waals surface area contributed by atoms with E-state index in [9.17, 15) is 50.6 Å². The average molecular weight is 840 g/mol. The maximum atomic E-state index is 15.2. The lowest BCUT2D eigenvalue weighted by atomic mass is 9.56. The van der Waals surface area contributed by atoms with Gasteiger partial charge in [0.25, 0.3) is 11.8 Å². The highest BCUT2D eigenvalue weighted by Gasteiger charge is 2.77. The zero-order chi connectivity index (χ0) is 38.0. The molecular weight excluding hydrogens is 823 g/mol. The molecule has 1 saturated carbocycles. The average Bonchev–Trinajstić information content (AvgIpc) is 3.42. The normalized spacial score (nSPS) is 28.6. The second kappa shape index (κ2) is 11.9. The van der Waals surface area contributed by atoms with E-state index in [4.69, 9.17) is 23.2 Å². The van der Waals surface area contributed by atoms with Crippen LogP contribution in [0.1, 0.15) is 24.3 Å². The fourth-order valence-corrected chi connectivity index (χ4v) is 8.91. The highest BCUT2D eigenvalue weighted by Crippen LogP contribution is 2.67. The topological polar surface area (TPSA) is 104 Å². The SMILES string of the molecule is O=C1[C@H]2[C@H](CC=C3[C@H]2C[C@@]2(Cl)C(=O)N(c4c(F)c(F)c(F)c(F)c4F)C(=O)[C@@]2(Cl)[C@H]3c2cc(OC(F)(F)F)ccc2O)C(=O)N1c1ccc(Br)cc1. The number of carbonyl (C=O) groups excluding carboxylic acids is 4. The van der Waals surface area contributed by atoms with Gasteiger partial charge in [-0.15, -0.1) is 36.4 Å². The molecular formula is C33H17BrCl2F8N2O6. The number of amides is 4. The van der Waals surface area contributed by atoms with Crippen molar-refractivity contribution in [2.75, 3.05) is 9.80 Å². The molecule has 2 aliphatic heterocycles. The van der Waals surface area contributed by atoms with E-state index >= 15 is 8.78 Å². The van der Waals surface area contributed by atoms with E-state index in [1.165, 1.54) is 18.2 Å². The predicted octanol–water partition coefficient (Wildman–Crippen LogP) is 7.52. The fraction of sp³-hybridized carbons (Fsp3) is 0.273. The first-order valence-electron chi connectivity index (χ1n) is 14.9. The van der Waals surface area contributed by atoms with Crippen molar-refractivity contribution in [3.8, 4) is 11.5 Å². The second-order valence-electron chi connectivity index (χ2n) is 12.4. The quantitative estimate of drug-likeness (QED) is 0.0729. The van der Waals surface area contributed by atoms with Crippen LogP contribution < -0.4 is 14.5 Å². The van der Waals surface area contributed by atoms with Gasteiger partial charge in [-0.3, -0.25) is 24.1 Å². The predicted molar refractivity (Wildman–Crippen MR) is 168 cm³/mol. The summed E-state index contributed by atoms with van der Waals surface area (Å²) in [5.41, 5.74) is -2.64. The van der Waals surface area contributed by atoms with Crippen molar-refractivity contribution in [3.05, 3.63) is 93.2 Å². The van der Waals surface area contributed by atoms with Crippen LogP contribution in [0.5, 0.6) is 11.5 Å². The molecule has 272 valence electrons. The highest BCUT2D eigenvalue weighted by molar-refractivity contribution is 9.10. The molecule has 0 radical (unpaired) electrons. The first kappa shape index (κ1) is 36.2. The molecule has 0 unspecified atom stereocenters. The lowest BCUT2D eigenvalue weighted by Crippen LogP contribution is -2.60. The molecule has 1 N–H and O–H groups in total. The Morgan fingerprint density at radius 3 is 2.00 bits per heavy atom. The molecule has 3 aromatic rings. The van der Waals surface area contributed by atoms with Crippen LogP contribution in [0.4, 0.5) is 46.5 Å². The summed E-state index contributed by atoms with van der Waals surface area (Å²) in [6, 6.07) is 7.99. The van der Waals surface area contributed by atoms with Gasteiger partial charge < -0.3 is 9.84 Å². The minimum absolute atomic E-state index is 0.0915. The summed E-state index contributed by atoms with van der Waals surface area (Å²) in [5.74, 6) is -25.8. The third-order valence-corrected chi connectivity index (χ3v) is 11.8. The van der Waals surface area contributed by atoms with Crippen LogP contribution in [0.15, 0.2) is 58.6 Å². The van der Waals surface area contributed by atoms with Crippen LogP contribution in [-0.4, -0.2) is 44.8 Å². The monoisotopic (exact) mass is 838 g/mol. The number of fused-ring (bicyclic) bond motifs is 4. The summed E-state index contributed by atoms with van der Waals surface area (Å²) < 4.78 is 118. The van der Waals surface area contributed by atoms with Crippen LogP contribution in [0.25, 0.3) is 0 Å². The molecule has 3 fully saturated rings. The second-order valence-corrected chi connectivity index (χ2v) is 14.6. The number of allylic oxidation sites excluding steroid dienone is 2. The van der Waals surface area contributed by atoms with Crippen LogP contribution in [-0.2, 0) is 19.2 Å². The Labute approximate surface area is 304 Å². The van der Waals surface area contributed by atoms with E-state index in [1.54, 1.807) is 12.1 Å². The standard InChI is InChI=1S/C33H17BrCl2F8N2O6/c34-11-1-3-12(4-2-11)45-27(48)15-7-6-14-17(19(15)28(45)49)10-31(35)29(50)46(26-24(40)22(38)21(37)23(39)25(26)41)30(51)32(31,36)20(14)16-9-13(5-8-18(16)47)52-33(42,43)44/h1-6,8-9,15,17,19-20,47H,7,10H2/t15-,17+,19-,20+,31+,32-/m0/s1. The Balaban J connectivity index is 1.45. The van der Waals surface area contributed by atoms with Crippen molar-refractivity contribution < 1.29 is 64.1 Å². The summed E-state index contributed by atoms with van der Waals surface area (Å²) in [7, 11) is 0. The van der Waals surface area contributed by atoms with E-state index in [0.717, 1.165) is 4.90 Å². The number of aromatic hydroxyl groups is 1. The van der Waals surface area contributed by atoms with Crippen LogP contribution in [0.3, 0.4) is 0 Å². The largest absolute Gasteiger partial charge is 0.573 e. The van der Waals surface area contributed by atoms with E-state index in [1.807, 2.05) is 0 Å². The number of phenols is 1. The van der Waals surface area contributed by atoms with E-state index in [0.29, 0.717) is 22.7 Å². The number of phenolic OH excluding ortho intramolecular Hbond substituents is 1. The van der Waals surface area contributed by atoms with Gasteiger partial charge in [-0.2, -0.15) is 0 Å². The van der Waals surface area contributed by atoms with Gasteiger partial charge in [0.15, 0.2) is 33.0 Å². The molecule has 2 saturated heterocycles. The number of ether oxygens (including phenoxy) is 1. The van der Waals surface area contributed by atoms with Crippen molar-refractivity contribution >= 4 is 74.1 Å². The number of hydrogen-bond donors (Lipinski definition) is 1. The number of halogens is 11. The maximum absolute atomic E-state index is 15.2. The van der Waals surface area contributed by atoms with Crippen molar-refractivity contribution in [2.45, 2.75) is 34.9 Å². The number of nitrogens with zero attached hydrogens (tertiary/aromatic N) is 2. The van der Waals surface area contributed by atoms with E-state index in [2.05, 4.69) is 20.7 Å². The third kappa shape index (κ3) is 4.91. The van der Waals surface area contributed by atoms with Crippen LogP contribution in [0, 0.1) is 46.8 Å². The first-order valence-corrected chi connectivity index (χ1v) is 16.5. The lowest BCUT2D eigenvalue weighted by molar-refractivity contribution is -0.274. The Morgan fingerprint density at radius 1 is 0.808 bits per heavy atom. The molecule has 3 aromatic carbocycles. The molecule has 7 rings (SSSR count). The Kier molecular flexibility index (Phi) is 8.27. The molecule has 2 heterocycles. The molecule has 0 bridgehead atoms. The number of rotatable bonds is 4. The van der Waals surface area contributed by atoms with Gasteiger partial charge in [0.1, 0.15) is 17.2 Å². The zero-order valence-corrected chi connectivity index (χ0v) is 28.5. The molecule has 52 heavy (non-hydrogen) atoms. The number of alkyl halides is 5. The van der Waals surface area contributed by atoms with Crippen molar-refractivity contribution in [1.29, 1.82) is 0 Å². The fourth-order valence-electron chi connectivity index (χ4n) is 7.72. The number of benzene rings is 3. The number of hydrogen-bond acceptors (Lipinski definition) is 6. The molecule has 19 heteroatoms. The summed E-state index contributed by atoms with van der Waals surface area (Å²) >= 11 is 17.2. The number of imide groups is 2. The van der Waals surface area contributed by atoms with E-state index < -0.39 is 127 Å². The number of carbonyl (C=O) groups is 4. The summed E-state index contributed by atoms with van der Waals surface area (Å²) in [4.78, 5) is 50.8. The van der Waals surface area contributed by atoms with Gasteiger partial charge in [-0.1, -0.05) is 27.6 Å². The van der Waals surface area contributed by atoms with Gasteiger partial charge in [0.2, 0.25) is 17.6 Å². The first-order chi connectivity index (χ1) is 24.2. The highest BCUT2D eigenvalue weighted by atomic mass is 79.9. The van der Waals surface area contributed by atoms with Crippen LogP contribution in [0.2, 0.25) is 0 Å². The smallest absolute Gasteiger partial charge is 0.508 e. The maximum Gasteiger partial charge on any atom is 0.573 e. The minimum atomic E-state index is -5.29. The van der Waals surface area contributed by atoms with Gasteiger partial charge in [-0.05, 0) is 61.2 Å². The van der Waals surface area contributed by atoms with Crippen molar-refractivity contribution in [2.24, 2.45) is 17.8 Å². The van der Waals surface area contributed by atoms with E-state index in [-0.39, 0.29) is 17.7 Å². The van der Waals surface area contributed by atoms with Gasteiger partial charge in [-0.25, -0.2) is 26.9 Å². The third-order valence-electron chi connectivity index (χ3n) is 9.85. The van der Waals surface area contributed by atoms with Crippen LogP contribution >= 0.6 is 39.1 Å². The Hall–Kier alpha value is -4.22. The minimum Gasteiger partial charge on any atom is -0.508 e. The lowest BCUT2D eigenvalue weighted by Gasteiger charge is -2.50.